The van der Waals surface area contributed by atoms with Crippen LogP contribution in [0.25, 0.3) is 0 Å². The first kappa shape index (κ1) is 18.6. The minimum Gasteiger partial charge on any atom is -0.324 e. The number of aryl methyl sites for hydroxylation is 1. The van der Waals surface area contributed by atoms with E-state index in [2.05, 4.69) is 22.4 Å². The lowest BCUT2D eigenvalue weighted by molar-refractivity contribution is -0.113. The van der Waals surface area contributed by atoms with Gasteiger partial charge >= 0.3 is 0 Å². The van der Waals surface area contributed by atoms with Crippen LogP contribution in [-0.4, -0.2) is 27.6 Å². The summed E-state index contributed by atoms with van der Waals surface area (Å²) in [6, 6.07) is 5.56. The largest absolute Gasteiger partial charge is 0.324 e. The number of aromatic nitrogens is 2. The third-order valence-corrected chi connectivity index (χ3v) is 6.43. The van der Waals surface area contributed by atoms with E-state index in [9.17, 15) is 4.79 Å². The van der Waals surface area contributed by atoms with E-state index in [-0.39, 0.29) is 5.91 Å². The maximum atomic E-state index is 12.0. The molecule has 1 amide bonds. The van der Waals surface area contributed by atoms with E-state index >= 15 is 0 Å². The van der Waals surface area contributed by atoms with Crippen LogP contribution in [0.2, 0.25) is 5.02 Å². The highest BCUT2D eigenvalue weighted by Gasteiger charge is 2.10. The normalized spacial score (nSPS) is 10.7. The zero-order valence-corrected chi connectivity index (χ0v) is 16.2. The number of unbranched alkanes of at least 4 members (excludes halogenated alkanes) is 1. The predicted octanol–water partition coefficient (Wildman–Crippen LogP) is 5.12. The van der Waals surface area contributed by atoms with Gasteiger partial charge in [0.1, 0.15) is 0 Å². The average Bonchev–Trinajstić information content (AvgIpc) is 2.96. The molecule has 0 aliphatic rings. The Morgan fingerprint density at radius 2 is 2.04 bits per heavy atom. The summed E-state index contributed by atoms with van der Waals surface area (Å²) in [5, 5.41) is 11.6. The number of nitrogens with one attached hydrogen (secondary N) is 1. The molecule has 2 rings (SSSR count). The highest BCUT2D eigenvalue weighted by Crippen LogP contribution is 2.29. The summed E-state index contributed by atoms with van der Waals surface area (Å²) >= 11 is 10.8. The third-order valence-electron chi connectivity index (χ3n) is 2.84. The summed E-state index contributed by atoms with van der Waals surface area (Å²) in [6.07, 6.45) is 2.35. The molecule has 1 aromatic carbocycles. The highest BCUT2D eigenvalue weighted by molar-refractivity contribution is 8.03. The van der Waals surface area contributed by atoms with Gasteiger partial charge < -0.3 is 5.32 Å². The van der Waals surface area contributed by atoms with Crippen molar-refractivity contribution in [1.82, 2.24) is 10.2 Å². The maximum Gasteiger partial charge on any atom is 0.234 e. The number of amides is 1. The molecule has 1 aromatic heterocycles. The molecule has 0 saturated carbocycles. The Morgan fingerprint density at radius 1 is 1.30 bits per heavy atom. The van der Waals surface area contributed by atoms with Crippen LogP contribution in [0.15, 0.2) is 26.9 Å². The summed E-state index contributed by atoms with van der Waals surface area (Å²) in [5.74, 6) is 1.25. The second-order valence-electron chi connectivity index (χ2n) is 4.86. The molecule has 4 nitrogen and oxygen atoms in total. The van der Waals surface area contributed by atoms with Crippen molar-refractivity contribution in [3.05, 3.63) is 28.8 Å². The fourth-order valence-electron chi connectivity index (χ4n) is 1.65. The van der Waals surface area contributed by atoms with Gasteiger partial charge in [-0.25, -0.2) is 0 Å². The molecular weight excluding hydrogens is 370 g/mol. The first-order valence-electron chi connectivity index (χ1n) is 7.23. The SMILES string of the molecule is CCCCSc1nnc(SCC(=O)Nc2ccc(C)cc2Cl)s1. The molecule has 0 spiro atoms. The molecule has 1 heterocycles. The Hall–Kier alpha value is -0.760. The lowest BCUT2D eigenvalue weighted by Gasteiger charge is -2.07. The molecule has 23 heavy (non-hydrogen) atoms. The Bertz CT molecular complexity index is 663. The minimum atomic E-state index is -0.101. The summed E-state index contributed by atoms with van der Waals surface area (Å²) < 4.78 is 1.78. The topological polar surface area (TPSA) is 54.9 Å². The first-order valence-corrected chi connectivity index (χ1v) is 10.4. The van der Waals surface area contributed by atoms with Crippen molar-refractivity contribution in [2.75, 3.05) is 16.8 Å². The molecule has 0 aliphatic carbocycles. The molecule has 124 valence electrons. The van der Waals surface area contributed by atoms with Gasteiger partial charge in [0.05, 0.1) is 16.5 Å². The lowest BCUT2D eigenvalue weighted by atomic mass is 10.2. The monoisotopic (exact) mass is 387 g/mol. The van der Waals surface area contributed by atoms with E-state index in [0.717, 1.165) is 20.0 Å². The van der Waals surface area contributed by atoms with Crippen LogP contribution in [0.1, 0.15) is 25.3 Å². The smallest absolute Gasteiger partial charge is 0.234 e. The van der Waals surface area contributed by atoms with E-state index in [4.69, 9.17) is 11.6 Å². The fraction of sp³-hybridized carbons (Fsp3) is 0.400. The molecule has 0 saturated heterocycles. The van der Waals surface area contributed by atoms with Crippen molar-refractivity contribution in [3.8, 4) is 0 Å². The molecule has 0 bridgehead atoms. The van der Waals surface area contributed by atoms with Crippen LogP contribution in [0, 0.1) is 6.92 Å². The molecule has 0 radical (unpaired) electrons. The van der Waals surface area contributed by atoms with Crippen molar-refractivity contribution in [1.29, 1.82) is 0 Å². The van der Waals surface area contributed by atoms with Crippen molar-refractivity contribution in [2.45, 2.75) is 35.4 Å². The molecule has 0 aliphatic heterocycles. The number of rotatable bonds is 8. The number of carbonyl (C=O) groups is 1. The van der Waals surface area contributed by atoms with Crippen LogP contribution in [-0.2, 0) is 4.79 Å². The van der Waals surface area contributed by atoms with Crippen LogP contribution in [0.4, 0.5) is 5.69 Å². The van der Waals surface area contributed by atoms with Crippen LogP contribution in [0.5, 0.6) is 0 Å². The Morgan fingerprint density at radius 3 is 2.74 bits per heavy atom. The molecule has 1 N–H and O–H groups in total. The van der Waals surface area contributed by atoms with E-state index < -0.39 is 0 Å². The van der Waals surface area contributed by atoms with Gasteiger partial charge in [0, 0.05) is 5.75 Å². The number of halogens is 1. The Kier molecular flexibility index (Phi) is 7.69. The summed E-state index contributed by atoms with van der Waals surface area (Å²) in [6.45, 7) is 4.12. The van der Waals surface area contributed by atoms with Crippen LogP contribution >= 0.6 is 46.5 Å². The van der Waals surface area contributed by atoms with Crippen molar-refractivity contribution < 1.29 is 4.79 Å². The first-order chi connectivity index (χ1) is 11.1. The third kappa shape index (κ3) is 6.33. The van der Waals surface area contributed by atoms with Crippen molar-refractivity contribution in [3.63, 3.8) is 0 Å². The number of thioether (sulfide) groups is 2. The van der Waals surface area contributed by atoms with E-state index in [1.165, 1.54) is 35.9 Å². The Labute approximate surface area is 153 Å². The van der Waals surface area contributed by atoms with Gasteiger partial charge in [-0.15, -0.1) is 10.2 Å². The van der Waals surface area contributed by atoms with Gasteiger partial charge in [-0.05, 0) is 31.0 Å². The number of hydrogen-bond donors (Lipinski definition) is 1. The van der Waals surface area contributed by atoms with Gasteiger partial charge in [-0.2, -0.15) is 0 Å². The average molecular weight is 388 g/mol. The second kappa shape index (κ2) is 9.52. The van der Waals surface area contributed by atoms with Gasteiger partial charge in [-0.3, -0.25) is 4.79 Å². The highest BCUT2D eigenvalue weighted by atomic mass is 35.5. The summed E-state index contributed by atoms with van der Waals surface area (Å²) in [7, 11) is 0. The summed E-state index contributed by atoms with van der Waals surface area (Å²) in [4.78, 5) is 12.0. The molecule has 2 aromatic rings. The standard InChI is InChI=1S/C15H18ClN3OS3/c1-3-4-7-21-14-18-19-15(23-14)22-9-13(20)17-12-6-5-10(2)8-11(12)16/h5-6,8H,3-4,7,9H2,1-2H3,(H,17,20). The van der Waals surface area contributed by atoms with Gasteiger partial charge in [0.2, 0.25) is 5.91 Å². The number of anilines is 1. The van der Waals surface area contributed by atoms with E-state index in [1.54, 1.807) is 11.8 Å². The van der Waals surface area contributed by atoms with Gasteiger partial charge in [0.25, 0.3) is 0 Å². The van der Waals surface area contributed by atoms with Crippen molar-refractivity contribution in [2.24, 2.45) is 0 Å². The fourth-order valence-corrected chi connectivity index (χ4v) is 4.91. The van der Waals surface area contributed by atoms with Crippen LogP contribution in [0.3, 0.4) is 0 Å². The number of nitrogens with zero attached hydrogens (tertiary/aromatic N) is 2. The molecule has 0 fully saturated rings. The summed E-state index contributed by atoms with van der Waals surface area (Å²) in [5.41, 5.74) is 1.69. The van der Waals surface area contributed by atoms with Gasteiger partial charge in [0.15, 0.2) is 8.68 Å². The second-order valence-corrected chi connectivity index (χ2v) is 8.81. The maximum absolute atomic E-state index is 12.0. The van der Waals surface area contributed by atoms with Crippen LogP contribution < -0.4 is 5.32 Å². The molecule has 8 heteroatoms. The van der Waals surface area contributed by atoms with Gasteiger partial charge in [-0.1, -0.05) is 65.9 Å². The van der Waals surface area contributed by atoms with E-state index in [0.29, 0.717) is 16.5 Å². The van der Waals surface area contributed by atoms with Crippen molar-refractivity contribution >= 4 is 58.1 Å². The van der Waals surface area contributed by atoms with E-state index in [1.807, 2.05) is 25.1 Å². The predicted molar refractivity (Wildman–Crippen MR) is 101 cm³/mol. The zero-order valence-electron chi connectivity index (χ0n) is 13.0. The Balaban J connectivity index is 1.80. The number of benzene rings is 1. The molecule has 0 atom stereocenters. The lowest BCUT2D eigenvalue weighted by Crippen LogP contribution is -2.14. The molecule has 0 unspecified atom stereocenters. The number of carbonyl (C=O) groups excluding carboxylic acids is 1. The minimum absolute atomic E-state index is 0.101. The zero-order chi connectivity index (χ0) is 16.7. The molecular formula is C15H18ClN3OS3. The quantitative estimate of drug-likeness (QED) is 0.503. The number of hydrogen-bond acceptors (Lipinski definition) is 6.